The second-order valence-electron chi connectivity index (χ2n) is 4.06. The Morgan fingerprint density at radius 1 is 1.61 bits per heavy atom. The van der Waals surface area contributed by atoms with Gasteiger partial charge in [-0.3, -0.25) is 4.79 Å². The smallest absolute Gasteiger partial charge is 0.253 e. The maximum Gasteiger partial charge on any atom is 0.253 e. The molecule has 0 aliphatic carbocycles. The summed E-state index contributed by atoms with van der Waals surface area (Å²) in [6.45, 7) is 1.90. The minimum absolute atomic E-state index is 0.0375. The number of thiocarbonyl (C=S) groups is 1. The van der Waals surface area contributed by atoms with Crippen molar-refractivity contribution in [3.8, 4) is 0 Å². The van der Waals surface area contributed by atoms with Gasteiger partial charge >= 0.3 is 0 Å². The Bertz CT molecular complexity index is 481. The number of hydrogen-bond donors (Lipinski definition) is 1. The lowest BCUT2D eigenvalue weighted by Gasteiger charge is -2.24. The average molecular weight is 350 g/mol. The second-order valence-corrected chi connectivity index (χ2v) is 5.85. The summed E-state index contributed by atoms with van der Waals surface area (Å²) in [5.74, 6) is -0.0869. The fraction of sp³-hybridized carbons (Fsp3) is 0.333. The maximum atomic E-state index is 12.2. The highest BCUT2D eigenvalue weighted by atomic mass is 79.9. The number of benzene rings is 1. The average Bonchev–Trinajstić information content (AvgIpc) is 2.30. The normalized spacial score (nSPS) is 12.0. The molecule has 3 nitrogen and oxygen atoms in total. The van der Waals surface area contributed by atoms with Gasteiger partial charge in [-0.1, -0.05) is 23.8 Å². The van der Waals surface area contributed by atoms with Gasteiger partial charge in [-0.05, 0) is 41.1 Å². The van der Waals surface area contributed by atoms with E-state index >= 15 is 0 Å². The SMILES string of the molecule is CC(CC(N)=S)N(C)C(=O)c1ccc(Cl)c(Br)c1. The molecule has 2 N–H and O–H groups in total. The molecule has 6 heteroatoms. The van der Waals surface area contributed by atoms with Gasteiger partial charge in [-0.15, -0.1) is 0 Å². The summed E-state index contributed by atoms with van der Waals surface area (Å²) < 4.78 is 0.699. The Kier molecular flexibility index (Phi) is 5.56. The van der Waals surface area contributed by atoms with E-state index in [1.807, 2.05) is 6.92 Å². The molecule has 1 atom stereocenters. The number of carbonyl (C=O) groups excluding carboxylic acids is 1. The molecule has 0 saturated carbocycles. The Balaban J connectivity index is 2.86. The molecule has 0 saturated heterocycles. The molecule has 1 amide bonds. The zero-order valence-corrected chi connectivity index (χ0v) is 13.3. The van der Waals surface area contributed by atoms with Gasteiger partial charge < -0.3 is 10.6 Å². The van der Waals surface area contributed by atoms with Crippen LogP contribution in [0.2, 0.25) is 5.02 Å². The summed E-state index contributed by atoms with van der Waals surface area (Å²) in [5.41, 5.74) is 6.06. The summed E-state index contributed by atoms with van der Waals surface area (Å²) in [7, 11) is 1.73. The third-order valence-corrected chi connectivity index (χ3v) is 4.03. The van der Waals surface area contributed by atoms with E-state index in [9.17, 15) is 4.79 Å². The van der Waals surface area contributed by atoms with Crippen molar-refractivity contribution in [3.63, 3.8) is 0 Å². The first-order valence-electron chi connectivity index (χ1n) is 5.33. The van der Waals surface area contributed by atoms with Crippen LogP contribution in [0, 0.1) is 0 Å². The van der Waals surface area contributed by atoms with Gasteiger partial charge in [0.25, 0.3) is 5.91 Å². The number of hydrogen-bond acceptors (Lipinski definition) is 2. The van der Waals surface area contributed by atoms with E-state index in [-0.39, 0.29) is 11.9 Å². The van der Waals surface area contributed by atoms with Crippen molar-refractivity contribution in [1.29, 1.82) is 0 Å². The van der Waals surface area contributed by atoms with Crippen LogP contribution in [-0.2, 0) is 0 Å². The van der Waals surface area contributed by atoms with Crippen LogP contribution in [0.15, 0.2) is 22.7 Å². The van der Waals surface area contributed by atoms with Crippen molar-refractivity contribution in [3.05, 3.63) is 33.3 Å². The largest absolute Gasteiger partial charge is 0.393 e. The molecular formula is C12H14BrClN2OS. The highest BCUT2D eigenvalue weighted by Gasteiger charge is 2.18. The fourth-order valence-corrected chi connectivity index (χ4v) is 2.20. The van der Waals surface area contributed by atoms with Crippen molar-refractivity contribution in [2.75, 3.05) is 7.05 Å². The lowest BCUT2D eigenvalue weighted by atomic mass is 10.1. The molecule has 0 radical (unpaired) electrons. The number of carbonyl (C=O) groups is 1. The van der Waals surface area contributed by atoms with E-state index < -0.39 is 0 Å². The molecule has 1 unspecified atom stereocenters. The van der Waals surface area contributed by atoms with Crippen LogP contribution in [0.5, 0.6) is 0 Å². The third kappa shape index (κ3) is 3.93. The lowest BCUT2D eigenvalue weighted by molar-refractivity contribution is 0.0748. The minimum atomic E-state index is -0.0869. The lowest BCUT2D eigenvalue weighted by Crippen LogP contribution is -2.37. The summed E-state index contributed by atoms with van der Waals surface area (Å²) in [6, 6.07) is 5.04. The first kappa shape index (κ1) is 15.4. The molecule has 0 bridgehead atoms. The molecule has 0 aliphatic rings. The van der Waals surface area contributed by atoms with Gasteiger partial charge in [0.15, 0.2) is 0 Å². The molecule has 98 valence electrons. The van der Waals surface area contributed by atoms with Crippen molar-refractivity contribution < 1.29 is 4.79 Å². The van der Waals surface area contributed by atoms with Gasteiger partial charge in [0.05, 0.1) is 10.0 Å². The summed E-state index contributed by atoms with van der Waals surface area (Å²) >= 11 is 14.0. The number of halogens is 2. The van der Waals surface area contributed by atoms with E-state index in [1.54, 1.807) is 30.1 Å². The molecule has 0 aromatic heterocycles. The maximum absolute atomic E-state index is 12.2. The number of nitrogens with zero attached hydrogens (tertiary/aromatic N) is 1. The Hall–Kier alpha value is -0.650. The van der Waals surface area contributed by atoms with Gasteiger partial charge in [-0.25, -0.2) is 0 Å². The van der Waals surface area contributed by atoms with Crippen LogP contribution in [0.25, 0.3) is 0 Å². The van der Waals surface area contributed by atoms with Crippen molar-refractivity contribution in [2.24, 2.45) is 5.73 Å². The highest BCUT2D eigenvalue weighted by molar-refractivity contribution is 9.10. The first-order chi connectivity index (χ1) is 8.32. The zero-order chi connectivity index (χ0) is 13.9. The Morgan fingerprint density at radius 3 is 2.72 bits per heavy atom. The molecule has 1 rings (SSSR count). The fourth-order valence-electron chi connectivity index (χ4n) is 1.46. The molecule has 1 aromatic rings. The molecule has 0 spiro atoms. The molecule has 0 fully saturated rings. The van der Waals surface area contributed by atoms with E-state index in [0.29, 0.717) is 26.5 Å². The van der Waals surface area contributed by atoms with E-state index in [2.05, 4.69) is 15.9 Å². The zero-order valence-electron chi connectivity index (χ0n) is 10.1. The van der Waals surface area contributed by atoms with Crippen LogP contribution < -0.4 is 5.73 Å². The van der Waals surface area contributed by atoms with Crippen molar-refractivity contribution >= 4 is 50.6 Å². The molecular weight excluding hydrogens is 336 g/mol. The van der Waals surface area contributed by atoms with Crippen molar-refractivity contribution in [1.82, 2.24) is 4.90 Å². The van der Waals surface area contributed by atoms with Crippen LogP contribution in [0.1, 0.15) is 23.7 Å². The van der Waals surface area contributed by atoms with E-state index in [1.165, 1.54) is 0 Å². The Labute approximate surface area is 125 Å². The minimum Gasteiger partial charge on any atom is -0.393 e. The monoisotopic (exact) mass is 348 g/mol. The van der Waals surface area contributed by atoms with Crippen molar-refractivity contribution in [2.45, 2.75) is 19.4 Å². The Morgan fingerprint density at radius 2 is 2.22 bits per heavy atom. The number of nitrogens with two attached hydrogens (primary N) is 1. The van der Waals surface area contributed by atoms with Crippen LogP contribution >= 0.6 is 39.7 Å². The molecule has 0 aliphatic heterocycles. The summed E-state index contributed by atoms with van der Waals surface area (Å²) in [5, 5.41) is 0.574. The summed E-state index contributed by atoms with van der Waals surface area (Å²) in [4.78, 5) is 14.2. The van der Waals surface area contributed by atoms with Crippen LogP contribution in [0.4, 0.5) is 0 Å². The standard InChI is InChI=1S/C12H14BrClN2OS/c1-7(5-11(15)18)16(2)12(17)8-3-4-10(14)9(13)6-8/h3-4,6-7H,5H2,1-2H3,(H2,15,18). The second kappa shape index (κ2) is 6.50. The number of rotatable bonds is 4. The van der Waals surface area contributed by atoms with Gasteiger partial charge in [0.2, 0.25) is 0 Å². The van der Waals surface area contributed by atoms with Gasteiger partial charge in [0, 0.05) is 29.5 Å². The quantitative estimate of drug-likeness (QED) is 0.849. The third-order valence-electron chi connectivity index (χ3n) is 2.64. The predicted molar refractivity (Wildman–Crippen MR) is 82.1 cm³/mol. The predicted octanol–water partition coefficient (Wildman–Crippen LogP) is 3.24. The van der Waals surface area contributed by atoms with E-state index in [0.717, 1.165) is 0 Å². The first-order valence-corrected chi connectivity index (χ1v) is 6.91. The number of amides is 1. The van der Waals surface area contributed by atoms with Crippen LogP contribution in [0.3, 0.4) is 0 Å². The van der Waals surface area contributed by atoms with E-state index in [4.69, 9.17) is 29.6 Å². The molecule has 1 aromatic carbocycles. The molecule has 18 heavy (non-hydrogen) atoms. The highest BCUT2D eigenvalue weighted by Crippen LogP contribution is 2.24. The van der Waals surface area contributed by atoms with Crippen LogP contribution in [-0.4, -0.2) is 28.9 Å². The van der Waals surface area contributed by atoms with Gasteiger partial charge in [-0.2, -0.15) is 0 Å². The molecule has 0 heterocycles. The summed E-state index contributed by atoms with van der Waals surface area (Å²) in [6.07, 6.45) is 0.506. The topological polar surface area (TPSA) is 46.3 Å². The van der Waals surface area contributed by atoms with Gasteiger partial charge in [0.1, 0.15) is 0 Å².